The lowest BCUT2D eigenvalue weighted by molar-refractivity contribution is 0.0834. The first-order valence-electron chi connectivity index (χ1n) is 11.7. The van der Waals surface area contributed by atoms with Crippen molar-refractivity contribution in [3.05, 3.63) is 61.7 Å². The van der Waals surface area contributed by atoms with Gasteiger partial charge in [-0.05, 0) is 59.5 Å². The fraction of sp³-hybridized carbons (Fsp3) is 0.400. The van der Waals surface area contributed by atoms with Gasteiger partial charge in [-0.3, -0.25) is 18.9 Å². The number of ether oxygens (including phenoxy) is 1. The molecule has 1 fully saturated rings. The van der Waals surface area contributed by atoms with Crippen LogP contribution in [0.25, 0.3) is 16.7 Å². The molecule has 2 aliphatic rings. The van der Waals surface area contributed by atoms with E-state index in [2.05, 4.69) is 49.9 Å². The molecule has 0 unspecified atom stereocenters. The van der Waals surface area contributed by atoms with Crippen LogP contribution in [-0.2, 0) is 10.2 Å². The van der Waals surface area contributed by atoms with Crippen LogP contribution in [0.4, 0.5) is 5.82 Å². The van der Waals surface area contributed by atoms with Crippen LogP contribution in [0.3, 0.4) is 0 Å². The fourth-order valence-electron chi connectivity index (χ4n) is 5.30. The van der Waals surface area contributed by atoms with Gasteiger partial charge in [-0.1, -0.05) is 13.8 Å². The Hall–Kier alpha value is -3.11. The number of nitrogens with zero attached hydrogens (tertiary/aromatic N) is 5. The van der Waals surface area contributed by atoms with E-state index in [1.54, 1.807) is 17.2 Å². The number of H-pyrrole nitrogens is 1. The van der Waals surface area contributed by atoms with Crippen molar-refractivity contribution in [3.8, 4) is 0 Å². The van der Waals surface area contributed by atoms with E-state index < -0.39 is 0 Å². The molecule has 1 aromatic carbocycles. The van der Waals surface area contributed by atoms with Crippen molar-refractivity contribution in [2.45, 2.75) is 44.9 Å². The topological polar surface area (TPSA) is 105 Å². The number of anilines is 1. The van der Waals surface area contributed by atoms with E-state index in [0.717, 1.165) is 39.8 Å². The molecule has 0 radical (unpaired) electrons. The van der Waals surface area contributed by atoms with Crippen molar-refractivity contribution >= 4 is 44.3 Å². The quantitative estimate of drug-likeness (QED) is 0.416. The zero-order chi connectivity index (χ0) is 24.5. The monoisotopic (exact) mass is 536 g/mol. The van der Waals surface area contributed by atoms with Crippen molar-refractivity contribution in [1.82, 2.24) is 24.6 Å². The van der Waals surface area contributed by atoms with Crippen LogP contribution < -0.4 is 10.5 Å². The zero-order valence-corrected chi connectivity index (χ0v) is 21.3. The molecule has 4 aromatic rings. The molecule has 0 saturated carbocycles. The van der Waals surface area contributed by atoms with Gasteiger partial charge in [-0.15, -0.1) is 10.2 Å². The van der Waals surface area contributed by atoms with Crippen LogP contribution in [0.2, 0.25) is 0 Å². The Labute approximate surface area is 209 Å². The number of hydrogen-bond acceptors (Lipinski definition) is 6. The maximum Gasteiger partial charge on any atom is 0.294 e. The molecule has 6 rings (SSSR count). The molecule has 10 heteroatoms. The van der Waals surface area contributed by atoms with Crippen molar-refractivity contribution < 1.29 is 9.53 Å². The highest BCUT2D eigenvalue weighted by Crippen LogP contribution is 2.41. The lowest BCUT2D eigenvalue weighted by Crippen LogP contribution is -2.34. The minimum Gasteiger partial charge on any atom is -0.381 e. The Balaban J connectivity index is 1.48. The molecule has 1 N–H and O–H groups in total. The maximum absolute atomic E-state index is 13.8. The number of halogens is 1. The molecule has 0 bridgehead atoms. The Morgan fingerprint density at radius 3 is 2.74 bits per heavy atom. The van der Waals surface area contributed by atoms with E-state index in [-0.39, 0.29) is 28.4 Å². The van der Waals surface area contributed by atoms with E-state index in [9.17, 15) is 9.59 Å². The van der Waals surface area contributed by atoms with Crippen molar-refractivity contribution in [2.24, 2.45) is 0 Å². The van der Waals surface area contributed by atoms with Crippen molar-refractivity contribution in [2.75, 3.05) is 24.7 Å². The van der Waals surface area contributed by atoms with Crippen LogP contribution in [0.5, 0.6) is 0 Å². The van der Waals surface area contributed by atoms with Gasteiger partial charge in [0.2, 0.25) is 5.65 Å². The Morgan fingerprint density at radius 1 is 1.20 bits per heavy atom. The predicted molar refractivity (Wildman–Crippen MR) is 135 cm³/mol. The molecule has 35 heavy (non-hydrogen) atoms. The summed E-state index contributed by atoms with van der Waals surface area (Å²) in [5.74, 6) is 1.47. The fourth-order valence-corrected chi connectivity index (χ4v) is 5.63. The lowest BCUT2D eigenvalue weighted by Gasteiger charge is -2.22. The molecular formula is C25H25BrN6O3. The molecule has 1 amide bonds. The molecule has 180 valence electrons. The lowest BCUT2D eigenvalue weighted by atomic mass is 9.88. The van der Waals surface area contributed by atoms with E-state index in [1.807, 2.05) is 23.5 Å². The molecule has 0 spiro atoms. The highest BCUT2D eigenvalue weighted by atomic mass is 79.9. The van der Waals surface area contributed by atoms with E-state index >= 15 is 0 Å². The van der Waals surface area contributed by atoms with Gasteiger partial charge in [0.05, 0.1) is 11.0 Å². The molecular weight excluding hydrogens is 512 g/mol. The summed E-state index contributed by atoms with van der Waals surface area (Å²) >= 11 is 3.50. The number of rotatable bonds is 2. The van der Waals surface area contributed by atoms with Crippen molar-refractivity contribution in [1.29, 1.82) is 0 Å². The van der Waals surface area contributed by atoms with E-state index in [4.69, 9.17) is 4.74 Å². The summed E-state index contributed by atoms with van der Waals surface area (Å²) in [6.45, 7) is 7.99. The smallest absolute Gasteiger partial charge is 0.294 e. The Morgan fingerprint density at radius 2 is 1.97 bits per heavy atom. The SMILES string of the molecule is Cc1cc2c(cc1C(=O)N1CC(C)(C)c3cc(Br)cnc31)[nH]c(=O)c1nnc(C3CCOCC3)n12. The number of fused-ring (bicyclic) bond motifs is 4. The summed E-state index contributed by atoms with van der Waals surface area (Å²) in [5.41, 5.74) is 3.43. The second kappa shape index (κ2) is 7.96. The first-order valence-corrected chi connectivity index (χ1v) is 12.5. The number of aromatic amines is 1. The highest BCUT2D eigenvalue weighted by molar-refractivity contribution is 9.10. The van der Waals surface area contributed by atoms with Gasteiger partial charge in [-0.25, -0.2) is 4.98 Å². The third-order valence-electron chi connectivity index (χ3n) is 7.16. The Bertz CT molecular complexity index is 1570. The molecule has 2 aliphatic heterocycles. The summed E-state index contributed by atoms with van der Waals surface area (Å²) in [4.78, 5) is 35.9. The average molecular weight is 537 g/mol. The van der Waals surface area contributed by atoms with Crippen LogP contribution in [-0.4, -0.2) is 50.2 Å². The molecule has 3 aromatic heterocycles. The summed E-state index contributed by atoms with van der Waals surface area (Å²) in [6, 6.07) is 5.74. The van der Waals surface area contributed by atoms with Gasteiger partial charge in [0.1, 0.15) is 11.6 Å². The zero-order valence-electron chi connectivity index (χ0n) is 19.8. The molecule has 9 nitrogen and oxygen atoms in total. The number of carbonyl (C=O) groups excluding carboxylic acids is 1. The van der Waals surface area contributed by atoms with E-state index in [1.165, 1.54) is 0 Å². The summed E-state index contributed by atoms with van der Waals surface area (Å²) < 4.78 is 8.23. The van der Waals surface area contributed by atoms with Gasteiger partial charge in [0.25, 0.3) is 11.5 Å². The molecule has 0 atom stereocenters. The first kappa shape index (κ1) is 22.4. The first-order chi connectivity index (χ1) is 16.7. The van der Waals surface area contributed by atoms with Gasteiger partial charge in [0, 0.05) is 52.9 Å². The number of hydrogen-bond donors (Lipinski definition) is 1. The van der Waals surface area contributed by atoms with Crippen LogP contribution in [0, 0.1) is 6.92 Å². The van der Waals surface area contributed by atoms with Gasteiger partial charge < -0.3 is 9.72 Å². The van der Waals surface area contributed by atoms with Crippen molar-refractivity contribution in [3.63, 3.8) is 0 Å². The second-order valence-electron chi connectivity index (χ2n) is 10.0. The largest absolute Gasteiger partial charge is 0.381 e. The van der Waals surface area contributed by atoms with Gasteiger partial charge in [0.15, 0.2) is 0 Å². The highest BCUT2D eigenvalue weighted by Gasteiger charge is 2.40. The number of aryl methyl sites for hydroxylation is 1. The number of benzene rings is 1. The maximum atomic E-state index is 13.8. The minimum absolute atomic E-state index is 0.139. The number of nitrogens with one attached hydrogen (secondary N) is 1. The molecule has 0 aliphatic carbocycles. The van der Waals surface area contributed by atoms with Crippen LogP contribution in [0.15, 0.2) is 33.7 Å². The summed E-state index contributed by atoms with van der Waals surface area (Å²) in [7, 11) is 0. The summed E-state index contributed by atoms with van der Waals surface area (Å²) in [5, 5.41) is 8.56. The molecule has 5 heterocycles. The number of pyridine rings is 1. The standard InChI is InChI=1S/C25H25BrN6O3/c1-13-8-19-18(28-23(33)22-30-29-20(32(19)22)14-4-6-35-7-5-14)10-16(13)24(34)31-12-25(2,3)17-9-15(26)11-27-21(17)31/h8-11,14H,4-7,12H2,1-3H3,(H,28,33). The number of amides is 1. The van der Waals surface area contributed by atoms with Crippen LogP contribution in [0.1, 0.15) is 59.9 Å². The predicted octanol–water partition coefficient (Wildman–Crippen LogP) is 3.87. The van der Waals surface area contributed by atoms with Crippen LogP contribution >= 0.6 is 15.9 Å². The number of aromatic nitrogens is 5. The molecule has 1 saturated heterocycles. The van der Waals surface area contributed by atoms with Gasteiger partial charge >= 0.3 is 0 Å². The third kappa shape index (κ3) is 3.49. The summed E-state index contributed by atoms with van der Waals surface area (Å²) in [6.07, 6.45) is 3.38. The minimum atomic E-state index is -0.329. The van der Waals surface area contributed by atoms with Gasteiger partial charge in [-0.2, -0.15) is 0 Å². The Kier molecular flexibility index (Phi) is 5.08. The van der Waals surface area contributed by atoms with E-state index in [0.29, 0.717) is 36.7 Å². The average Bonchev–Trinajstić information content (AvgIpc) is 3.39. The second-order valence-corrected chi connectivity index (χ2v) is 11.0. The normalized spacial score (nSPS) is 17.9. The third-order valence-corrected chi connectivity index (χ3v) is 7.59. The number of carbonyl (C=O) groups is 1.